The van der Waals surface area contributed by atoms with Gasteiger partial charge in [0.25, 0.3) is 5.91 Å². The molecular weight excluding hydrogens is 246 g/mol. The van der Waals surface area contributed by atoms with Crippen LogP contribution >= 0.6 is 23.4 Å². The minimum Gasteiger partial charge on any atom is -0.507 e. The van der Waals surface area contributed by atoms with Crippen molar-refractivity contribution in [1.82, 2.24) is 5.32 Å². The Balaban J connectivity index is 2.76. The molecule has 0 saturated heterocycles. The molecule has 0 heterocycles. The molecule has 5 heteroatoms. The third kappa shape index (κ3) is 3.61. The highest BCUT2D eigenvalue weighted by atomic mass is 35.5. The second-order valence-electron chi connectivity index (χ2n) is 3.49. The van der Waals surface area contributed by atoms with Gasteiger partial charge < -0.3 is 10.4 Å². The summed E-state index contributed by atoms with van der Waals surface area (Å²) < 4.78 is 0. The zero-order valence-corrected chi connectivity index (χ0v) is 10.7. The van der Waals surface area contributed by atoms with E-state index >= 15 is 0 Å². The van der Waals surface area contributed by atoms with Crippen molar-refractivity contribution in [3.63, 3.8) is 0 Å². The maximum absolute atomic E-state index is 11.8. The molecule has 1 atom stereocenters. The summed E-state index contributed by atoms with van der Waals surface area (Å²) in [5.41, 5.74) is 0.209. The second-order valence-corrected chi connectivity index (χ2v) is 4.84. The van der Waals surface area contributed by atoms with Crippen LogP contribution in [0.15, 0.2) is 18.2 Å². The Labute approximate surface area is 104 Å². The monoisotopic (exact) mass is 259 g/mol. The normalized spacial score (nSPS) is 12.2. The molecule has 0 fully saturated rings. The van der Waals surface area contributed by atoms with Crippen molar-refractivity contribution in [2.24, 2.45) is 0 Å². The quantitative estimate of drug-likeness (QED) is 0.874. The maximum Gasteiger partial charge on any atom is 0.255 e. The van der Waals surface area contributed by atoms with Gasteiger partial charge in [-0.2, -0.15) is 11.8 Å². The van der Waals surface area contributed by atoms with Gasteiger partial charge in [-0.25, -0.2) is 0 Å². The van der Waals surface area contributed by atoms with Gasteiger partial charge in [-0.1, -0.05) is 11.6 Å². The SMILES string of the molecule is CSCC(C)NC(=O)c1cc(Cl)ccc1O. The lowest BCUT2D eigenvalue weighted by atomic mass is 10.2. The number of nitrogens with one attached hydrogen (secondary N) is 1. The molecule has 3 nitrogen and oxygen atoms in total. The van der Waals surface area contributed by atoms with Crippen molar-refractivity contribution in [1.29, 1.82) is 0 Å². The number of phenols is 1. The lowest BCUT2D eigenvalue weighted by Gasteiger charge is -2.13. The Morgan fingerprint density at radius 2 is 2.31 bits per heavy atom. The van der Waals surface area contributed by atoms with Gasteiger partial charge in [0.2, 0.25) is 0 Å². The van der Waals surface area contributed by atoms with E-state index in [0.29, 0.717) is 5.02 Å². The lowest BCUT2D eigenvalue weighted by Crippen LogP contribution is -2.34. The molecule has 1 rings (SSSR count). The fourth-order valence-corrected chi connectivity index (χ4v) is 2.04. The summed E-state index contributed by atoms with van der Waals surface area (Å²) in [6.45, 7) is 1.91. The number of carbonyl (C=O) groups is 1. The second kappa shape index (κ2) is 6.01. The van der Waals surface area contributed by atoms with Crippen molar-refractivity contribution in [2.75, 3.05) is 12.0 Å². The Kier molecular flexibility index (Phi) is 4.96. The molecule has 0 saturated carbocycles. The van der Waals surface area contributed by atoms with Crippen LogP contribution in [-0.2, 0) is 0 Å². The van der Waals surface area contributed by atoms with E-state index < -0.39 is 0 Å². The molecule has 0 aliphatic rings. The van der Waals surface area contributed by atoms with E-state index in [0.717, 1.165) is 5.75 Å². The first-order valence-electron chi connectivity index (χ1n) is 4.83. The Morgan fingerprint density at radius 3 is 2.94 bits per heavy atom. The Bertz CT molecular complexity index is 384. The van der Waals surface area contributed by atoms with E-state index in [9.17, 15) is 9.90 Å². The molecule has 1 aromatic carbocycles. The zero-order chi connectivity index (χ0) is 12.1. The molecule has 0 aliphatic carbocycles. The Morgan fingerprint density at radius 1 is 1.62 bits per heavy atom. The van der Waals surface area contributed by atoms with E-state index in [1.807, 2.05) is 13.2 Å². The number of hydrogen-bond donors (Lipinski definition) is 2. The minimum atomic E-state index is -0.304. The first kappa shape index (κ1) is 13.2. The highest BCUT2D eigenvalue weighted by Crippen LogP contribution is 2.21. The number of hydrogen-bond acceptors (Lipinski definition) is 3. The van der Waals surface area contributed by atoms with E-state index in [4.69, 9.17) is 11.6 Å². The van der Waals surface area contributed by atoms with Crippen LogP contribution in [-0.4, -0.2) is 29.1 Å². The van der Waals surface area contributed by atoms with Gasteiger partial charge in [-0.05, 0) is 31.4 Å². The van der Waals surface area contributed by atoms with Crippen LogP contribution < -0.4 is 5.32 Å². The van der Waals surface area contributed by atoms with Crippen molar-refractivity contribution in [3.8, 4) is 5.75 Å². The Hall–Kier alpha value is -0.870. The van der Waals surface area contributed by atoms with E-state index in [2.05, 4.69) is 5.32 Å². The molecule has 0 aliphatic heterocycles. The average molecular weight is 260 g/mol. The largest absolute Gasteiger partial charge is 0.507 e. The summed E-state index contributed by atoms with van der Waals surface area (Å²) in [4.78, 5) is 11.8. The van der Waals surface area contributed by atoms with E-state index in [1.165, 1.54) is 12.1 Å². The summed E-state index contributed by atoms with van der Waals surface area (Å²) in [6, 6.07) is 4.47. The van der Waals surface area contributed by atoms with Crippen LogP contribution in [0, 0.1) is 0 Å². The topological polar surface area (TPSA) is 49.3 Å². The summed E-state index contributed by atoms with van der Waals surface area (Å²) in [5, 5.41) is 12.7. The predicted octanol–water partition coefficient (Wildman–Crippen LogP) is 2.53. The minimum absolute atomic E-state index is 0.0564. The van der Waals surface area contributed by atoms with Crippen LogP contribution in [0.25, 0.3) is 0 Å². The first-order chi connectivity index (χ1) is 7.54. The molecule has 0 spiro atoms. The molecular formula is C11H14ClNO2S. The smallest absolute Gasteiger partial charge is 0.255 e. The molecule has 1 amide bonds. The van der Waals surface area contributed by atoms with Gasteiger partial charge in [0.05, 0.1) is 5.56 Å². The molecule has 0 radical (unpaired) electrons. The van der Waals surface area contributed by atoms with Crippen molar-refractivity contribution in [2.45, 2.75) is 13.0 Å². The molecule has 16 heavy (non-hydrogen) atoms. The summed E-state index contributed by atoms with van der Waals surface area (Å²) in [5.74, 6) is 0.465. The predicted molar refractivity (Wildman–Crippen MR) is 68.4 cm³/mol. The third-order valence-electron chi connectivity index (χ3n) is 2.00. The number of amides is 1. The molecule has 2 N–H and O–H groups in total. The fraction of sp³-hybridized carbons (Fsp3) is 0.364. The number of aromatic hydroxyl groups is 1. The highest BCUT2D eigenvalue weighted by Gasteiger charge is 2.13. The van der Waals surface area contributed by atoms with Gasteiger partial charge >= 0.3 is 0 Å². The zero-order valence-electron chi connectivity index (χ0n) is 9.16. The van der Waals surface area contributed by atoms with Crippen LogP contribution in [0.3, 0.4) is 0 Å². The van der Waals surface area contributed by atoms with Crippen LogP contribution in [0.4, 0.5) is 0 Å². The summed E-state index contributed by atoms with van der Waals surface area (Å²) in [6.07, 6.45) is 1.97. The number of thioether (sulfide) groups is 1. The summed E-state index contributed by atoms with van der Waals surface area (Å²) in [7, 11) is 0. The van der Waals surface area contributed by atoms with Gasteiger partial charge in [-0.15, -0.1) is 0 Å². The number of halogens is 1. The lowest BCUT2D eigenvalue weighted by molar-refractivity contribution is 0.0941. The average Bonchev–Trinajstić information content (AvgIpc) is 2.21. The molecule has 0 aromatic heterocycles. The van der Waals surface area contributed by atoms with Crippen LogP contribution in [0.1, 0.15) is 17.3 Å². The number of carbonyl (C=O) groups excluding carboxylic acids is 1. The van der Waals surface area contributed by atoms with Crippen LogP contribution in [0.2, 0.25) is 5.02 Å². The standard InChI is InChI=1S/C11H14ClNO2S/c1-7(6-16-2)13-11(15)9-5-8(12)3-4-10(9)14/h3-5,7,14H,6H2,1-2H3,(H,13,15). The fourth-order valence-electron chi connectivity index (χ4n) is 1.28. The maximum atomic E-state index is 11.8. The highest BCUT2D eigenvalue weighted by molar-refractivity contribution is 7.98. The third-order valence-corrected chi connectivity index (χ3v) is 3.07. The molecule has 1 unspecified atom stereocenters. The van der Waals surface area contributed by atoms with Gasteiger partial charge in [0, 0.05) is 16.8 Å². The van der Waals surface area contributed by atoms with Gasteiger partial charge in [0.1, 0.15) is 5.75 Å². The van der Waals surface area contributed by atoms with Gasteiger partial charge in [-0.3, -0.25) is 4.79 Å². The van der Waals surface area contributed by atoms with Gasteiger partial charge in [0.15, 0.2) is 0 Å². The summed E-state index contributed by atoms with van der Waals surface area (Å²) >= 11 is 7.41. The molecule has 88 valence electrons. The van der Waals surface area contributed by atoms with E-state index in [1.54, 1.807) is 17.8 Å². The number of rotatable bonds is 4. The number of phenolic OH excluding ortho intramolecular Hbond substituents is 1. The molecule has 0 bridgehead atoms. The van der Waals surface area contributed by atoms with Crippen LogP contribution in [0.5, 0.6) is 5.75 Å². The van der Waals surface area contributed by atoms with Crippen molar-refractivity contribution in [3.05, 3.63) is 28.8 Å². The van der Waals surface area contributed by atoms with Crippen molar-refractivity contribution >= 4 is 29.3 Å². The van der Waals surface area contributed by atoms with Crippen molar-refractivity contribution < 1.29 is 9.90 Å². The van der Waals surface area contributed by atoms with E-state index in [-0.39, 0.29) is 23.3 Å². The molecule has 1 aromatic rings. The number of benzene rings is 1. The first-order valence-corrected chi connectivity index (χ1v) is 6.60.